The second-order valence-electron chi connectivity index (χ2n) is 5.45. The Kier molecular flexibility index (Phi) is 1.97. The summed E-state index contributed by atoms with van der Waals surface area (Å²) < 4.78 is 0. The zero-order chi connectivity index (χ0) is 8.77. The van der Waals surface area contributed by atoms with Crippen LogP contribution in [0.15, 0.2) is 0 Å². The summed E-state index contributed by atoms with van der Waals surface area (Å²) in [5, 5.41) is 0. The normalized spacial score (nSPS) is 44.8. The lowest BCUT2D eigenvalue weighted by Crippen LogP contribution is -2.46. The molecule has 0 saturated heterocycles. The Bertz CT molecular complexity index is 163. The monoisotopic (exact) mass is 166 g/mol. The number of hydrogen-bond donors (Lipinski definition) is 0. The van der Waals surface area contributed by atoms with Gasteiger partial charge < -0.3 is 0 Å². The highest BCUT2D eigenvalue weighted by atomic mass is 14.5. The van der Waals surface area contributed by atoms with Crippen molar-refractivity contribution in [2.75, 3.05) is 0 Å². The van der Waals surface area contributed by atoms with Gasteiger partial charge in [0.15, 0.2) is 0 Å². The van der Waals surface area contributed by atoms with Crippen LogP contribution in [0.25, 0.3) is 0 Å². The molecular formula is C12H22. The van der Waals surface area contributed by atoms with Crippen LogP contribution < -0.4 is 0 Å². The Morgan fingerprint density at radius 3 is 2.25 bits per heavy atom. The summed E-state index contributed by atoms with van der Waals surface area (Å²) in [5.41, 5.74) is 0.663. The Hall–Kier alpha value is 0. The Balaban J connectivity index is 2.11. The predicted molar refractivity (Wildman–Crippen MR) is 53.0 cm³/mol. The molecule has 0 aromatic rings. The molecule has 0 radical (unpaired) electrons. The van der Waals surface area contributed by atoms with Crippen molar-refractivity contribution in [2.45, 2.75) is 52.9 Å². The van der Waals surface area contributed by atoms with Gasteiger partial charge in [-0.15, -0.1) is 0 Å². The SMILES string of the molecule is CCC1CCC2CCC2C1(C)C. The minimum Gasteiger partial charge on any atom is -0.0651 e. The van der Waals surface area contributed by atoms with E-state index in [0.717, 1.165) is 17.8 Å². The standard InChI is InChI=1S/C12H22/c1-4-10-7-5-9-6-8-11(9)12(10,2)3/h9-11H,4-8H2,1-3H3. The fourth-order valence-corrected chi connectivity index (χ4v) is 3.71. The molecule has 0 heteroatoms. The molecule has 0 aromatic heterocycles. The van der Waals surface area contributed by atoms with Crippen LogP contribution in [0.3, 0.4) is 0 Å². The van der Waals surface area contributed by atoms with Gasteiger partial charge in [-0.05, 0) is 48.9 Å². The number of rotatable bonds is 1. The Morgan fingerprint density at radius 2 is 1.75 bits per heavy atom. The third-order valence-electron chi connectivity index (χ3n) is 4.80. The van der Waals surface area contributed by atoms with E-state index in [1.54, 1.807) is 0 Å². The molecule has 2 aliphatic rings. The third-order valence-corrected chi connectivity index (χ3v) is 4.80. The maximum atomic E-state index is 2.51. The van der Waals surface area contributed by atoms with Gasteiger partial charge in [-0.1, -0.05) is 27.2 Å². The van der Waals surface area contributed by atoms with E-state index in [9.17, 15) is 0 Å². The summed E-state index contributed by atoms with van der Waals surface area (Å²) in [6.45, 7) is 7.39. The quantitative estimate of drug-likeness (QED) is 0.555. The molecule has 2 fully saturated rings. The molecule has 0 amide bonds. The third kappa shape index (κ3) is 1.03. The molecule has 0 aromatic carbocycles. The average Bonchev–Trinajstić information content (AvgIpc) is 1.91. The average molecular weight is 166 g/mol. The largest absolute Gasteiger partial charge is 0.0651 e. The molecule has 0 aliphatic heterocycles. The van der Waals surface area contributed by atoms with Crippen molar-refractivity contribution < 1.29 is 0 Å². The van der Waals surface area contributed by atoms with Crippen LogP contribution in [0.2, 0.25) is 0 Å². The Labute approximate surface area is 76.7 Å². The lowest BCUT2D eigenvalue weighted by molar-refractivity contribution is -0.0523. The fraction of sp³-hybridized carbons (Fsp3) is 1.00. The summed E-state index contributed by atoms with van der Waals surface area (Å²) >= 11 is 0. The molecule has 0 bridgehead atoms. The lowest BCUT2D eigenvalue weighted by Gasteiger charge is -2.55. The van der Waals surface area contributed by atoms with Crippen molar-refractivity contribution in [3.8, 4) is 0 Å². The molecule has 2 rings (SSSR count). The van der Waals surface area contributed by atoms with Gasteiger partial charge in [-0.3, -0.25) is 0 Å². The van der Waals surface area contributed by atoms with Crippen molar-refractivity contribution in [1.82, 2.24) is 0 Å². The van der Waals surface area contributed by atoms with E-state index in [4.69, 9.17) is 0 Å². The predicted octanol–water partition coefficient (Wildman–Crippen LogP) is 3.86. The van der Waals surface area contributed by atoms with Crippen LogP contribution >= 0.6 is 0 Å². The van der Waals surface area contributed by atoms with Gasteiger partial charge in [0.2, 0.25) is 0 Å². The molecule has 2 saturated carbocycles. The molecule has 3 atom stereocenters. The molecule has 70 valence electrons. The zero-order valence-corrected chi connectivity index (χ0v) is 8.77. The van der Waals surface area contributed by atoms with Crippen molar-refractivity contribution in [3.63, 3.8) is 0 Å². The first-order valence-electron chi connectivity index (χ1n) is 5.66. The molecule has 0 spiro atoms. The molecule has 0 heterocycles. The number of hydrogen-bond acceptors (Lipinski definition) is 0. The van der Waals surface area contributed by atoms with E-state index in [1.807, 2.05) is 0 Å². The van der Waals surface area contributed by atoms with Crippen LogP contribution in [-0.4, -0.2) is 0 Å². The fourth-order valence-electron chi connectivity index (χ4n) is 3.71. The van der Waals surface area contributed by atoms with Gasteiger partial charge >= 0.3 is 0 Å². The van der Waals surface area contributed by atoms with Crippen molar-refractivity contribution in [3.05, 3.63) is 0 Å². The van der Waals surface area contributed by atoms with Gasteiger partial charge in [0.1, 0.15) is 0 Å². The topological polar surface area (TPSA) is 0 Å². The van der Waals surface area contributed by atoms with Crippen LogP contribution in [0.4, 0.5) is 0 Å². The molecule has 12 heavy (non-hydrogen) atoms. The molecule has 3 unspecified atom stereocenters. The first-order valence-corrected chi connectivity index (χ1v) is 5.66. The molecular weight excluding hydrogens is 144 g/mol. The van der Waals surface area contributed by atoms with Crippen LogP contribution in [0, 0.1) is 23.2 Å². The van der Waals surface area contributed by atoms with E-state index in [0.29, 0.717) is 5.41 Å². The summed E-state index contributed by atoms with van der Waals surface area (Å²) in [5.74, 6) is 3.21. The summed E-state index contributed by atoms with van der Waals surface area (Å²) in [7, 11) is 0. The highest BCUT2D eigenvalue weighted by Crippen LogP contribution is 2.57. The van der Waals surface area contributed by atoms with E-state index >= 15 is 0 Å². The van der Waals surface area contributed by atoms with E-state index in [1.165, 1.54) is 32.1 Å². The van der Waals surface area contributed by atoms with E-state index in [2.05, 4.69) is 20.8 Å². The van der Waals surface area contributed by atoms with Crippen molar-refractivity contribution >= 4 is 0 Å². The van der Waals surface area contributed by atoms with Gasteiger partial charge in [-0.25, -0.2) is 0 Å². The zero-order valence-electron chi connectivity index (χ0n) is 8.77. The maximum Gasteiger partial charge on any atom is -0.0295 e. The number of fused-ring (bicyclic) bond motifs is 1. The minimum absolute atomic E-state index is 0.663. The van der Waals surface area contributed by atoms with Crippen LogP contribution in [-0.2, 0) is 0 Å². The van der Waals surface area contributed by atoms with E-state index < -0.39 is 0 Å². The Morgan fingerprint density at radius 1 is 1.08 bits per heavy atom. The highest BCUT2D eigenvalue weighted by molar-refractivity contribution is 4.98. The molecule has 0 nitrogen and oxygen atoms in total. The molecule has 0 N–H and O–H groups in total. The van der Waals surface area contributed by atoms with Gasteiger partial charge in [0.25, 0.3) is 0 Å². The summed E-state index contributed by atoms with van der Waals surface area (Å²) in [6, 6.07) is 0. The summed E-state index contributed by atoms with van der Waals surface area (Å²) in [6.07, 6.45) is 7.49. The second-order valence-corrected chi connectivity index (χ2v) is 5.45. The highest BCUT2D eigenvalue weighted by Gasteiger charge is 2.48. The summed E-state index contributed by atoms with van der Waals surface area (Å²) in [4.78, 5) is 0. The minimum atomic E-state index is 0.663. The maximum absolute atomic E-state index is 2.51. The first kappa shape index (κ1) is 8.59. The van der Waals surface area contributed by atoms with Crippen molar-refractivity contribution in [2.24, 2.45) is 23.2 Å². The molecule has 2 aliphatic carbocycles. The van der Waals surface area contributed by atoms with E-state index in [-0.39, 0.29) is 0 Å². The van der Waals surface area contributed by atoms with Gasteiger partial charge in [0.05, 0.1) is 0 Å². The smallest absolute Gasteiger partial charge is 0.0295 e. The first-order chi connectivity index (χ1) is 5.66. The van der Waals surface area contributed by atoms with Gasteiger partial charge in [0, 0.05) is 0 Å². The van der Waals surface area contributed by atoms with Crippen LogP contribution in [0.1, 0.15) is 52.9 Å². The van der Waals surface area contributed by atoms with Gasteiger partial charge in [-0.2, -0.15) is 0 Å². The van der Waals surface area contributed by atoms with Crippen molar-refractivity contribution in [1.29, 1.82) is 0 Å². The van der Waals surface area contributed by atoms with Crippen LogP contribution in [0.5, 0.6) is 0 Å². The second kappa shape index (κ2) is 2.75. The lowest BCUT2D eigenvalue weighted by atomic mass is 9.50.